The fourth-order valence-electron chi connectivity index (χ4n) is 8.42. The summed E-state index contributed by atoms with van der Waals surface area (Å²) in [4.78, 5) is 54.7. The van der Waals surface area contributed by atoms with Gasteiger partial charge in [0, 0.05) is 59.4 Å². The largest absolute Gasteiger partial charge is 0.493 e. The molecule has 2 saturated heterocycles. The number of piperidine rings is 1. The van der Waals surface area contributed by atoms with E-state index in [2.05, 4.69) is 16.1 Å². The molecule has 2 atom stereocenters. The molecule has 0 aliphatic carbocycles. The number of thiophene rings is 1. The lowest BCUT2D eigenvalue weighted by Gasteiger charge is -2.35. The number of fused-ring (bicyclic) bond motifs is 4. The van der Waals surface area contributed by atoms with Crippen molar-refractivity contribution >= 4 is 44.9 Å². The Labute approximate surface area is 337 Å². The number of methoxy groups -OCH3 is 1. The van der Waals surface area contributed by atoms with Crippen molar-refractivity contribution in [1.29, 1.82) is 0 Å². The van der Waals surface area contributed by atoms with Crippen LogP contribution in [-0.4, -0.2) is 84.8 Å². The second-order valence-corrected chi connectivity index (χ2v) is 16.9. The van der Waals surface area contributed by atoms with Gasteiger partial charge in [-0.2, -0.15) is 16.9 Å². The lowest BCUT2D eigenvalue weighted by Crippen LogP contribution is -2.46. The van der Waals surface area contributed by atoms with Crippen LogP contribution >= 0.6 is 23.1 Å². The fraction of sp³-hybridized carbons (Fsp3) is 0.349. The Kier molecular flexibility index (Phi) is 10.1. The van der Waals surface area contributed by atoms with E-state index in [1.807, 2.05) is 90.3 Å². The van der Waals surface area contributed by atoms with E-state index in [1.54, 1.807) is 29.7 Å². The summed E-state index contributed by atoms with van der Waals surface area (Å²) < 4.78 is 16.8. The maximum Gasteiger partial charge on any atom is 0.332 e. The van der Waals surface area contributed by atoms with Gasteiger partial charge in [-0.05, 0) is 73.4 Å². The number of amides is 1. The quantitative estimate of drug-likeness (QED) is 0.165. The topological polar surface area (TPSA) is 126 Å². The van der Waals surface area contributed by atoms with Crippen molar-refractivity contribution in [2.75, 3.05) is 38.3 Å². The molecule has 3 aliphatic rings. The Balaban J connectivity index is 0.966. The van der Waals surface area contributed by atoms with E-state index in [9.17, 15) is 14.4 Å². The number of nitrogens with zero attached hydrogens (tertiary/aromatic N) is 7. The van der Waals surface area contributed by atoms with E-state index in [1.165, 1.54) is 21.5 Å². The number of benzene rings is 3. The minimum Gasteiger partial charge on any atom is -0.493 e. The van der Waals surface area contributed by atoms with Crippen molar-refractivity contribution in [1.82, 2.24) is 28.8 Å². The van der Waals surface area contributed by atoms with Gasteiger partial charge in [0.05, 0.1) is 37.5 Å². The molecule has 3 aromatic heterocycles. The summed E-state index contributed by atoms with van der Waals surface area (Å²) in [5.41, 5.74) is 5.58. The molecule has 2 fully saturated rings. The van der Waals surface area contributed by atoms with Crippen LogP contribution in [0.1, 0.15) is 71.0 Å². The van der Waals surface area contributed by atoms with E-state index in [0.717, 1.165) is 51.0 Å². The van der Waals surface area contributed by atoms with E-state index >= 15 is 0 Å². The Morgan fingerprint density at radius 3 is 2.46 bits per heavy atom. The number of ether oxygens (including phenoxy) is 2. The van der Waals surface area contributed by atoms with Crippen LogP contribution in [0.5, 0.6) is 11.5 Å². The van der Waals surface area contributed by atoms with Gasteiger partial charge in [0.15, 0.2) is 17.3 Å². The van der Waals surface area contributed by atoms with Crippen molar-refractivity contribution in [2.24, 2.45) is 12.0 Å². The molecular formula is C43H43N7O5S2. The van der Waals surface area contributed by atoms with Crippen LogP contribution in [-0.2, 0) is 13.6 Å². The zero-order valence-electron chi connectivity index (χ0n) is 32.1. The lowest BCUT2D eigenvalue weighted by atomic mass is 9.81. The third-order valence-corrected chi connectivity index (χ3v) is 13.6. The summed E-state index contributed by atoms with van der Waals surface area (Å²) in [6.45, 7) is 3.49. The van der Waals surface area contributed by atoms with E-state index in [-0.39, 0.29) is 30.1 Å². The van der Waals surface area contributed by atoms with Gasteiger partial charge >= 0.3 is 5.69 Å². The van der Waals surface area contributed by atoms with Crippen molar-refractivity contribution in [3.05, 3.63) is 128 Å². The normalized spacial score (nSPS) is 18.2. The molecule has 6 aromatic rings. The Hall–Kier alpha value is -5.47. The second kappa shape index (κ2) is 15.5. The third-order valence-electron chi connectivity index (χ3n) is 11.3. The van der Waals surface area contributed by atoms with Crippen molar-refractivity contribution in [2.45, 2.75) is 50.7 Å². The minimum atomic E-state index is -0.394. The number of aliphatic imine (C=N–C) groups is 1. The molecule has 57 heavy (non-hydrogen) atoms. The smallest absolute Gasteiger partial charge is 0.332 e. The molecule has 6 heterocycles. The standard InChI is InChI=1S/C43H43N7O5S2/c1-4-55-36-20-30-31(21-35(36)54-3)39(45-33-16-19-56-24-32(30)33)27-10-12-28(13-11-27)41(51)48-17-14-29(15-18-48)50-42(52)40-34(22-37(57-40)26-8-6-5-7-9-26)49(43(50)53)23-38-44-25-47(2)46-38/h5-13,20-22,25,29,32-33H,4,14-19,23-24H2,1-3H3/t32-,33-/m1/s1. The highest BCUT2D eigenvalue weighted by Gasteiger charge is 2.35. The third kappa shape index (κ3) is 6.88. The predicted octanol–water partition coefficient (Wildman–Crippen LogP) is 6.39. The van der Waals surface area contributed by atoms with Crippen LogP contribution in [0, 0.1) is 0 Å². The molecule has 12 nitrogen and oxygen atoms in total. The van der Waals surface area contributed by atoms with Gasteiger partial charge in [-0.15, -0.1) is 11.3 Å². The zero-order valence-corrected chi connectivity index (χ0v) is 33.7. The Morgan fingerprint density at radius 2 is 1.74 bits per heavy atom. The molecule has 292 valence electrons. The summed E-state index contributed by atoms with van der Waals surface area (Å²) in [5, 5.41) is 4.42. The first kappa shape index (κ1) is 37.1. The first-order chi connectivity index (χ1) is 27.8. The molecule has 0 spiro atoms. The number of aryl methyl sites for hydroxylation is 1. The van der Waals surface area contributed by atoms with Crippen LogP contribution in [0.2, 0.25) is 0 Å². The first-order valence-electron chi connectivity index (χ1n) is 19.4. The molecule has 0 radical (unpaired) electrons. The van der Waals surface area contributed by atoms with Crippen molar-refractivity contribution < 1.29 is 14.3 Å². The second-order valence-electron chi connectivity index (χ2n) is 14.7. The summed E-state index contributed by atoms with van der Waals surface area (Å²) in [5.74, 6) is 4.24. The number of likely N-dealkylation sites (tertiary alicyclic amines) is 1. The fourth-order valence-corrected chi connectivity index (χ4v) is 10.8. The molecule has 3 aromatic carbocycles. The van der Waals surface area contributed by atoms with Crippen LogP contribution in [0.15, 0.2) is 93.7 Å². The SMILES string of the molecule is CCOc1cc2c(cc1OC)C(c1ccc(C(=O)N3CCC(n4c(=O)c5sc(-c6ccccc6)cc5n(Cc5ncn(C)n5)c4=O)CC3)cc1)=N[C@@H]1CCSC[C@H]21. The number of carbonyl (C=O) groups is 1. The van der Waals surface area contributed by atoms with Crippen molar-refractivity contribution in [3.63, 3.8) is 0 Å². The number of aromatic nitrogens is 5. The number of thioether (sulfide) groups is 1. The van der Waals surface area contributed by atoms with Crippen LogP contribution in [0.25, 0.3) is 20.7 Å². The lowest BCUT2D eigenvalue weighted by molar-refractivity contribution is 0.0691. The van der Waals surface area contributed by atoms with E-state index in [4.69, 9.17) is 14.5 Å². The zero-order chi connectivity index (χ0) is 39.2. The molecule has 3 aliphatic heterocycles. The highest BCUT2D eigenvalue weighted by molar-refractivity contribution is 7.99. The predicted molar refractivity (Wildman–Crippen MR) is 225 cm³/mol. The summed E-state index contributed by atoms with van der Waals surface area (Å²) in [6, 6.07) is 23.5. The highest BCUT2D eigenvalue weighted by atomic mass is 32.2. The monoisotopic (exact) mass is 801 g/mol. The molecule has 14 heteroatoms. The summed E-state index contributed by atoms with van der Waals surface area (Å²) in [6.07, 6.45) is 3.56. The van der Waals surface area contributed by atoms with Gasteiger partial charge in [-0.3, -0.25) is 28.4 Å². The number of carbonyl (C=O) groups excluding carboxylic acids is 1. The maximum atomic E-state index is 14.3. The summed E-state index contributed by atoms with van der Waals surface area (Å²) in [7, 11) is 3.44. The van der Waals surface area contributed by atoms with Crippen LogP contribution < -0.4 is 20.7 Å². The van der Waals surface area contributed by atoms with E-state index < -0.39 is 5.69 Å². The number of hydrogen-bond acceptors (Lipinski definition) is 10. The van der Waals surface area contributed by atoms with Crippen molar-refractivity contribution in [3.8, 4) is 21.9 Å². The van der Waals surface area contributed by atoms with Gasteiger partial charge in [0.1, 0.15) is 11.0 Å². The van der Waals surface area contributed by atoms with Gasteiger partial charge in [0.25, 0.3) is 11.5 Å². The average molecular weight is 802 g/mol. The minimum absolute atomic E-state index is 0.0782. The Bertz CT molecular complexity index is 2620. The van der Waals surface area contributed by atoms with E-state index in [0.29, 0.717) is 65.8 Å². The van der Waals surface area contributed by atoms with Crippen LogP contribution in [0.4, 0.5) is 0 Å². The molecule has 9 rings (SSSR count). The van der Waals surface area contributed by atoms with Gasteiger partial charge < -0.3 is 14.4 Å². The molecule has 1 amide bonds. The highest BCUT2D eigenvalue weighted by Crippen LogP contribution is 2.44. The van der Waals surface area contributed by atoms with Gasteiger partial charge in [0.2, 0.25) is 0 Å². The van der Waals surface area contributed by atoms with Gasteiger partial charge in [-0.1, -0.05) is 42.5 Å². The summed E-state index contributed by atoms with van der Waals surface area (Å²) >= 11 is 3.36. The van der Waals surface area contributed by atoms with Crippen LogP contribution in [0.3, 0.4) is 0 Å². The molecule has 0 saturated carbocycles. The number of hydrogen-bond donors (Lipinski definition) is 0. The molecular weight excluding hydrogens is 759 g/mol. The molecule has 0 unspecified atom stereocenters. The average Bonchev–Trinajstić information content (AvgIpc) is 3.89. The molecule has 0 N–H and O–H groups in total. The van der Waals surface area contributed by atoms with Gasteiger partial charge in [-0.25, -0.2) is 9.78 Å². The molecule has 0 bridgehead atoms. The first-order valence-corrected chi connectivity index (χ1v) is 21.4. The number of rotatable bonds is 9. The Morgan fingerprint density at radius 1 is 0.947 bits per heavy atom. The maximum absolute atomic E-state index is 14.3.